The molecule has 1 fully saturated rings. The van der Waals surface area contributed by atoms with Gasteiger partial charge in [-0.05, 0) is 36.4 Å². The number of halogens is 1. The minimum Gasteiger partial charge on any atom is -0.493 e. The minimum absolute atomic E-state index is 0.0730. The summed E-state index contributed by atoms with van der Waals surface area (Å²) in [7, 11) is 3.09. The summed E-state index contributed by atoms with van der Waals surface area (Å²) < 4.78 is 15.9. The number of rotatable bonds is 7. The van der Waals surface area contributed by atoms with E-state index in [0.29, 0.717) is 34.5 Å². The molecule has 0 saturated carbocycles. The summed E-state index contributed by atoms with van der Waals surface area (Å²) in [6.45, 7) is 0.240. The van der Waals surface area contributed by atoms with Gasteiger partial charge in [-0.25, -0.2) is 0 Å². The standard InChI is InChI=1S/C20H21ClN2O5/c1-26-17-8-5-15(10-18(17)27-2)23-11-14(9-20(23)25)22-19(24)12-28-16-6-3-13(21)4-7-16/h3-8,10,14H,9,11-12H2,1-2H3,(H,22,24)/t14-/m1/s1. The molecule has 0 radical (unpaired) electrons. The molecule has 3 rings (SSSR count). The summed E-state index contributed by atoms with van der Waals surface area (Å²) in [6, 6.07) is 11.7. The molecular weight excluding hydrogens is 384 g/mol. The Morgan fingerprint density at radius 1 is 1.14 bits per heavy atom. The normalized spacial score (nSPS) is 16.0. The maximum absolute atomic E-state index is 12.4. The van der Waals surface area contributed by atoms with E-state index in [2.05, 4.69) is 5.32 Å². The highest BCUT2D eigenvalue weighted by Crippen LogP contribution is 2.33. The van der Waals surface area contributed by atoms with Gasteiger partial charge in [0.2, 0.25) is 5.91 Å². The zero-order chi connectivity index (χ0) is 20.1. The van der Waals surface area contributed by atoms with Crippen LogP contribution < -0.4 is 24.4 Å². The van der Waals surface area contributed by atoms with Gasteiger partial charge in [-0.3, -0.25) is 9.59 Å². The zero-order valence-corrected chi connectivity index (χ0v) is 16.4. The predicted octanol–water partition coefficient (Wildman–Crippen LogP) is 2.66. The average molecular weight is 405 g/mol. The van der Waals surface area contributed by atoms with Crippen molar-refractivity contribution in [1.82, 2.24) is 5.32 Å². The first-order valence-corrected chi connectivity index (χ1v) is 9.08. The third-order valence-electron chi connectivity index (χ3n) is 4.35. The van der Waals surface area contributed by atoms with Crippen molar-refractivity contribution in [2.75, 3.05) is 32.3 Å². The summed E-state index contributed by atoms with van der Waals surface area (Å²) in [5.74, 6) is 1.31. The van der Waals surface area contributed by atoms with Crippen molar-refractivity contribution >= 4 is 29.1 Å². The SMILES string of the molecule is COc1ccc(N2C[C@H](NC(=O)COc3ccc(Cl)cc3)CC2=O)cc1OC. The van der Waals surface area contributed by atoms with Gasteiger partial charge in [0.25, 0.3) is 5.91 Å². The number of carbonyl (C=O) groups is 2. The second-order valence-corrected chi connectivity index (χ2v) is 6.69. The number of anilines is 1. The lowest BCUT2D eigenvalue weighted by atomic mass is 10.2. The van der Waals surface area contributed by atoms with Crippen LogP contribution in [0, 0.1) is 0 Å². The topological polar surface area (TPSA) is 77.1 Å². The van der Waals surface area contributed by atoms with Crippen molar-refractivity contribution in [1.29, 1.82) is 0 Å². The molecule has 28 heavy (non-hydrogen) atoms. The molecular formula is C20H21ClN2O5. The molecule has 0 aromatic heterocycles. The van der Waals surface area contributed by atoms with E-state index in [1.54, 1.807) is 54.5 Å². The lowest BCUT2D eigenvalue weighted by molar-refractivity contribution is -0.123. The highest BCUT2D eigenvalue weighted by Gasteiger charge is 2.32. The van der Waals surface area contributed by atoms with Gasteiger partial charge in [0, 0.05) is 29.7 Å². The van der Waals surface area contributed by atoms with Crippen LogP contribution in [0.25, 0.3) is 0 Å². The van der Waals surface area contributed by atoms with Crippen LogP contribution >= 0.6 is 11.6 Å². The number of carbonyl (C=O) groups excluding carboxylic acids is 2. The summed E-state index contributed by atoms with van der Waals surface area (Å²) >= 11 is 5.82. The molecule has 0 spiro atoms. The van der Waals surface area contributed by atoms with Gasteiger partial charge in [-0.15, -0.1) is 0 Å². The molecule has 1 heterocycles. The van der Waals surface area contributed by atoms with Crippen molar-refractivity contribution in [2.24, 2.45) is 0 Å². The van der Waals surface area contributed by atoms with Crippen molar-refractivity contribution < 1.29 is 23.8 Å². The molecule has 2 amide bonds. The summed E-state index contributed by atoms with van der Waals surface area (Å²) in [5.41, 5.74) is 0.691. The van der Waals surface area contributed by atoms with Crippen LogP contribution in [0.4, 0.5) is 5.69 Å². The molecule has 1 aliphatic heterocycles. The Balaban J connectivity index is 1.56. The van der Waals surface area contributed by atoms with E-state index >= 15 is 0 Å². The highest BCUT2D eigenvalue weighted by atomic mass is 35.5. The second kappa shape index (κ2) is 8.84. The first-order chi connectivity index (χ1) is 13.5. The average Bonchev–Trinajstić information content (AvgIpc) is 3.06. The van der Waals surface area contributed by atoms with Crippen LogP contribution in [0.1, 0.15) is 6.42 Å². The molecule has 1 aliphatic rings. The maximum Gasteiger partial charge on any atom is 0.258 e. The zero-order valence-electron chi connectivity index (χ0n) is 15.6. The van der Waals surface area contributed by atoms with Gasteiger partial charge >= 0.3 is 0 Å². The summed E-state index contributed by atoms with van der Waals surface area (Å²) in [6.07, 6.45) is 0.223. The molecule has 1 saturated heterocycles. The van der Waals surface area contributed by atoms with E-state index < -0.39 is 0 Å². The first kappa shape index (κ1) is 19.8. The predicted molar refractivity (Wildman–Crippen MR) is 105 cm³/mol. The first-order valence-electron chi connectivity index (χ1n) is 8.70. The van der Waals surface area contributed by atoms with Crippen molar-refractivity contribution in [3.8, 4) is 17.2 Å². The Bertz CT molecular complexity index is 856. The molecule has 0 unspecified atom stereocenters. The van der Waals surface area contributed by atoms with Gasteiger partial charge in [-0.1, -0.05) is 11.6 Å². The fourth-order valence-corrected chi connectivity index (χ4v) is 3.12. The van der Waals surface area contributed by atoms with Crippen LogP contribution in [-0.4, -0.2) is 45.2 Å². The number of ether oxygens (including phenoxy) is 3. The number of nitrogens with zero attached hydrogens (tertiary/aromatic N) is 1. The highest BCUT2D eigenvalue weighted by molar-refractivity contribution is 6.30. The number of hydrogen-bond donors (Lipinski definition) is 1. The van der Waals surface area contributed by atoms with E-state index in [4.69, 9.17) is 25.8 Å². The van der Waals surface area contributed by atoms with Gasteiger partial charge in [0.1, 0.15) is 5.75 Å². The van der Waals surface area contributed by atoms with E-state index in [-0.39, 0.29) is 30.9 Å². The van der Waals surface area contributed by atoms with Crippen LogP contribution in [-0.2, 0) is 9.59 Å². The largest absolute Gasteiger partial charge is 0.493 e. The third-order valence-corrected chi connectivity index (χ3v) is 4.60. The lowest BCUT2D eigenvalue weighted by Gasteiger charge is -2.19. The Morgan fingerprint density at radius 3 is 2.54 bits per heavy atom. The smallest absolute Gasteiger partial charge is 0.258 e. The van der Waals surface area contributed by atoms with Crippen molar-refractivity contribution in [2.45, 2.75) is 12.5 Å². The molecule has 1 N–H and O–H groups in total. The van der Waals surface area contributed by atoms with Crippen LogP contribution in [0.2, 0.25) is 5.02 Å². The molecule has 148 valence electrons. The Kier molecular flexibility index (Phi) is 6.26. The van der Waals surface area contributed by atoms with Gasteiger partial charge in [0.05, 0.1) is 20.3 Å². The number of amides is 2. The maximum atomic E-state index is 12.4. The molecule has 8 heteroatoms. The number of benzene rings is 2. The van der Waals surface area contributed by atoms with Crippen LogP contribution in [0.15, 0.2) is 42.5 Å². The van der Waals surface area contributed by atoms with E-state index in [1.807, 2.05) is 0 Å². The van der Waals surface area contributed by atoms with Gasteiger partial charge in [-0.2, -0.15) is 0 Å². The van der Waals surface area contributed by atoms with Gasteiger partial charge in [0.15, 0.2) is 18.1 Å². The van der Waals surface area contributed by atoms with Crippen LogP contribution in [0.3, 0.4) is 0 Å². The Labute approximate surface area is 168 Å². The Hall–Kier alpha value is -2.93. The molecule has 0 aliphatic carbocycles. The summed E-state index contributed by atoms with van der Waals surface area (Å²) in [4.78, 5) is 26.2. The van der Waals surface area contributed by atoms with Crippen molar-refractivity contribution in [3.05, 3.63) is 47.5 Å². The fraction of sp³-hybridized carbons (Fsp3) is 0.300. The van der Waals surface area contributed by atoms with Crippen LogP contribution in [0.5, 0.6) is 17.2 Å². The van der Waals surface area contributed by atoms with E-state index in [1.165, 1.54) is 7.11 Å². The third kappa shape index (κ3) is 4.67. The molecule has 0 bridgehead atoms. The van der Waals surface area contributed by atoms with E-state index in [0.717, 1.165) is 0 Å². The molecule has 1 atom stereocenters. The van der Waals surface area contributed by atoms with Gasteiger partial charge < -0.3 is 24.4 Å². The van der Waals surface area contributed by atoms with Crippen molar-refractivity contribution in [3.63, 3.8) is 0 Å². The number of nitrogens with one attached hydrogen (secondary N) is 1. The summed E-state index contributed by atoms with van der Waals surface area (Å²) in [5, 5.41) is 3.43. The number of hydrogen-bond acceptors (Lipinski definition) is 5. The quantitative estimate of drug-likeness (QED) is 0.767. The van der Waals surface area contributed by atoms with E-state index in [9.17, 15) is 9.59 Å². The molecule has 2 aromatic rings. The number of methoxy groups -OCH3 is 2. The monoisotopic (exact) mass is 404 g/mol. The minimum atomic E-state index is -0.290. The fourth-order valence-electron chi connectivity index (χ4n) is 3.00. The second-order valence-electron chi connectivity index (χ2n) is 6.25. The molecule has 7 nitrogen and oxygen atoms in total. The lowest BCUT2D eigenvalue weighted by Crippen LogP contribution is -2.39. The molecule has 2 aromatic carbocycles. The Morgan fingerprint density at radius 2 is 1.86 bits per heavy atom.